The van der Waals surface area contributed by atoms with Crippen LogP contribution in [0.4, 0.5) is 0 Å². The molecule has 0 aliphatic heterocycles. The Labute approximate surface area is 134 Å². The molecule has 6 heteroatoms. The molecule has 0 amide bonds. The van der Waals surface area contributed by atoms with E-state index in [1.165, 1.54) is 0 Å². The molecule has 112 valence electrons. The topological polar surface area (TPSA) is 46.2 Å². The predicted molar refractivity (Wildman–Crippen MR) is 86.2 cm³/mol. The van der Waals surface area contributed by atoms with Crippen molar-refractivity contribution in [3.63, 3.8) is 0 Å². The maximum Gasteiger partial charge on any atom is 0.242 e. The number of benzene rings is 1. The smallest absolute Gasteiger partial charge is 0.207 e. The molecule has 1 fully saturated rings. The Morgan fingerprint density at radius 1 is 1.10 bits per heavy atom. The van der Waals surface area contributed by atoms with Crippen molar-refractivity contribution in [2.24, 2.45) is 0 Å². The molecule has 1 aliphatic carbocycles. The molecule has 0 radical (unpaired) electrons. The van der Waals surface area contributed by atoms with Crippen molar-refractivity contribution in [3.8, 4) is 0 Å². The van der Waals surface area contributed by atoms with Gasteiger partial charge in [-0.3, -0.25) is 0 Å². The van der Waals surface area contributed by atoms with Gasteiger partial charge >= 0.3 is 0 Å². The first kappa shape index (κ1) is 15.0. The van der Waals surface area contributed by atoms with E-state index in [-0.39, 0.29) is 9.92 Å². The first-order valence-electron chi connectivity index (χ1n) is 6.86. The van der Waals surface area contributed by atoms with Crippen LogP contribution < -0.4 is 4.72 Å². The van der Waals surface area contributed by atoms with Gasteiger partial charge in [0.1, 0.15) is 4.90 Å². The van der Waals surface area contributed by atoms with Gasteiger partial charge in [0.15, 0.2) is 0 Å². The number of hydrogen-bond acceptors (Lipinski definition) is 3. The second-order valence-electron chi connectivity index (χ2n) is 5.30. The minimum atomic E-state index is -3.63. The van der Waals surface area contributed by atoms with Crippen LogP contribution in [-0.2, 0) is 15.6 Å². The van der Waals surface area contributed by atoms with Gasteiger partial charge in [0.2, 0.25) is 10.0 Å². The molecule has 0 unspecified atom stereocenters. The number of nitrogens with one attached hydrogen (secondary N) is 1. The maximum absolute atomic E-state index is 12.7. The van der Waals surface area contributed by atoms with Crippen molar-refractivity contribution >= 4 is 33.0 Å². The number of sulfonamides is 1. The molecule has 0 saturated heterocycles. The number of halogens is 1. The van der Waals surface area contributed by atoms with Gasteiger partial charge in [0.05, 0.1) is 10.6 Å². The van der Waals surface area contributed by atoms with Crippen LogP contribution in [0.3, 0.4) is 0 Å². The first-order valence-corrected chi connectivity index (χ1v) is 9.60. The number of thiophene rings is 1. The Bertz CT molecular complexity index is 720. The first-order chi connectivity index (χ1) is 10.0. The Hall–Kier alpha value is -0.880. The minimum Gasteiger partial charge on any atom is -0.207 e. The number of rotatable bonds is 4. The van der Waals surface area contributed by atoms with Crippen LogP contribution >= 0.6 is 22.9 Å². The molecule has 1 N–H and O–H groups in total. The van der Waals surface area contributed by atoms with Gasteiger partial charge in [-0.05, 0) is 36.4 Å². The summed E-state index contributed by atoms with van der Waals surface area (Å²) in [4.78, 5) is 1.23. The summed E-state index contributed by atoms with van der Waals surface area (Å²) in [5, 5.41) is 2.24. The lowest BCUT2D eigenvalue weighted by Gasteiger charge is -2.29. The van der Waals surface area contributed by atoms with Crippen molar-refractivity contribution in [1.82, 2.24) is 4.72 Å². The molecule has 3 nitrogen and oxygen atoms in total. The van der Waals surface area contributed by atoms with E-state index in [9.17, 15) is 8.42 Å². The van der Waals surface area contributed by atoms with Gasteiger partial charge in [-0.2, -0.15) is 4.72 Å². The summed E-state index contributed by atoms with van der Waals surface area (Å²) in [6.45, 7) is 0. The second-order valence-corrected chi connectivity index (χ2v) is 8.31. The summed E-state index contributed by atoms with van der Waals surface area (Å²) in [5.41, 5.74) is -0.480. The fourth-order valence-electron chi connectivity index (χ4n) is 2.90. The SMILES string of the molecule is O=S(=O)(NC1(c2cccs2)CCCC1)c1ccccc1Cl. The Balaban J connectivity index is 1.99. The Kier molecular flexibility index (Phi) is 4.10. The normalized spacial score (nSPS) is 18.0. The highest BCUT2D eigenvalue weighted by Gasteiger charge is 2.40. The summed E-state index contributed by atoms with van der Waals surface area (Å²) < 4.78 is 28.4. The molecule has 3 rings (SSSR count). The van der Waals surface area contributed by atoms with Crippen LogP contribution in [0.1, 0.15) is 30.6 Å². The lowest BCUT2D eigenvalue weighted by Crippen LogP contribution is -2.43. The van der Waals surface area contributed by atoms with E-state index >= 15 is 0 Å². The van der Waals surface area contributed by atoms with Crippen molar-refractivity contribution in [2.75, 3.05) is 0 Å². The molecular formula is C15H16ClNO2S2. The highest BCUT2D eigenvalue weighted by atomic mass is 35.5. The van der Waals surface area contributed by atoms with E-state index in [1.54, 1.807) is 35.6 Å². The monoisotopic (exact) mass is 341 g/mol. The van der Waals surface area contributed by atoms with Crippen molar-refractivity contribution < 1.29 is 8.42 Å². The van der Waals surface area contributed by atoms with Gasteiger partial charge in [0.25, 0.3) is 0 Å². The zero-order valence-electron chi connectivity index (χ0n) is 11.4. The molecule has 21 heavy (non-hydrogen) atoms. The molecule has 1 saturated carbocycles. The molecule has 1 aromatic carbocycles. The third-order valence-electron chi connectivity index (χ3n) is 3.91. The summed E-state index contributed by atoms with van der Waals surface area (Å²) in [6, 6.07) is 10.5. The largest absolute Gasteiger partial charge is 0.242 e. The van der Waals surface area contributed by atoms with E-state index in [4.69, 9.17) is 11.6 Å². The van der Waals surface area contributed by atoms with E-state index in [0.29, 0.717) is 0 Å². The summed E-state index contributed by atoms with van der Waals surface area (Å²) in [7, 11) is -3.63. The molecule has 1 heterocycles. The molecule has 0 atom stereocenters. The maximum atomic E-state index is 12.7. The second kappa shape index (κ2) is 5.72. The minimum absolute atomic E-state index is 0.148. The third kappa shape index (κ3) is 2.88. The van der Waals surface area contributed by atoms with Crippen LogP contribution in [-0.4, -0.2) is 8.42 Å². The third-order valence-corrected chi connectivity index (χ3v) is 7.02. The molecule has 0 spiro atoms. The van der Waals surface area contributed by atoms with Gasteiger partial charge in [-0.1, -0.05) is 42.6 Å². The predicted octanol–water partition coefficient (Wildman–Crippen LogP) is 4.15. The standard InChI is InChI=1S/C15H16ClNO2S2/c16-12-6-1-2-7-13(12)21(18,19)17-15(9-3-4-10-15)14-8-5-11-20-14/h1-2,5-8,11,17H,3-4,9-10H2. The highest BCUT2D eigenvalue weighted by Crippen LogP contribution is 2.42. The lowest BCUT2D eigenvalue weighted by atomic mass is 9.97. The summed E-state index contributed by atoms with van der Waals surface area (Å²) in [6.07, 6.45) is 3.72. The average molecular weight is 342 g/mol. The zero-order valence-corrected chi connectivity index (χ0v) is 13.8. The molecule has 1 aromatic heterocycles. The van der Waals surface area contributed by atoms with Gasteiger partial charge < -0.3 is 0 Å². The fourth-order valence-corrected chi connectivity index (χ4v) is 5.87. The van der Waals surface area contributed by atoms with Crippen molar-refractivity contribution in [3.05, 3.63) is 51.7 Å². The Morgan fingerprint density at radius 3 is 2.43 bits per heavy atom. The Morgan fingerprint density at radius 2 is 1.81 bits per heavy atom. The van der Waals surface area contributed by atoms with Gasteiger partial charge in [0, 0.05) is 4.88 Å². The van der Waals surface area contributed by atoms with Crippen LogP contribution in [0.15, 0.2) is 46.7 Å². The van der Waals surface area contributed by atoms with E-state index in [0.717, 1.165) is 30.6 Å². The van der Waals surface area contributed by atoms with Crippen molar-refractivity contribution in [2.45, 2.75) is 36.1 Å². The van der Waals surface area contributed by atoms with Crippen LogP contribution in [0.25, 0.3) is 0 Å². The summed E-state index contributed by atoms with van der Waals surface area (Å²) >= 11 is 7.65. The summed E-state index contributed by atoms with van der Waals surface area (Å²) in [5.74, 6) is 0. The van der Waals surface area contributed by atoms with Crippen molar-refractivity contribution in [1.29, 1.82) is 0 Å². The van der Waals surface area contributed by atoms with Crippen LogP contribution in [0, 0.1) is 0 Å². The molecule has 2 aromatic rings. The highest BCUT2D eigenvalue weighted by molar-refractivity contribution is 7.89. The van der Waals surface area contributed by atoms with E-state index < -0.39 is 15.6 Å². The molecule has 1 aliphatic rings. The average Bonchev–Trinajstić information content (AvgIpc) is 3.09. The van der Waals surface area contributed by atoms with E-state index in [2.05, 4.69) is 4.72 Å². The molecular weight excluding hydrogens is 326 g/mol. The van der Waals surface area contributed by atoms with E-state index in [1.807, 2.05) is 17.5 Å². The van der Waals surface area contributed by atoms with Crippen LogP contribution in [0.2, 0.25) is 5.02 Å². The lowest BCUT2D eigenvalue weighted by molar-refractivity contribution is 0.412. The van der Waals surface area contributed by atoms with Gasteiger partial charge in [-0.25, -0.2) is 8.42 Å². The zero-order chi connectivity index (χ0) is 14.9. The number of hydrogen-bond donors (Lipinski definition) is 1. The van der Waals surface area contributed by atoms with Crippen LogP contribution in [0.5, 0.6) is 0 Å². The fraction of sp³-hybridized carbons (Fsp3) is 0.333. The quantitative estimate of drug-likeness (QED) is 0.908. The van der Waals surface area contributed by atoms with Gasteiger partial charge in [-0.15, -0.1) is 11.3 Å². The molecule has 0 bridgehead atoms.